The van der Waals surface area contributed by atoms with Crippen molar-refractivity contribution in [3.05, 3.63) is 71.0 Å². The second-order valence-electron chi connectivity index (χ2n) is 9.14. The quantitative estimate of drug-likeness (QED) is 0.224. The number of rotatable bonds is 13. The van der Waals surface area contributed by atoms with E-state index < -0.39 is 23.5 Å². The van der Waals surface area contributed by atoms with E-state index in [0.29, 0.717) is 24.3 Å². The van der Waals surface area contributed by atoms with E-state index in [9.17, 15) is 19.1 Å². The molecule has 36 heavy (non-hydrogen) atoms. The number of benzene rings is 2. The van der Waals surface area contributed by atoms with Gasteiger partial charge in [0.25, 0.3) is 11.7 Å². The van der Waals surface area contributed by atoms with Crippen LogP contribution in [0.2, 0.25) is 0 Å². The van der Waals surface area contributed by atoms with Crippen molar-refractivity contribution in [1.82, 2.24) is 9.80 Å². The van der Waals surface area contributed by atoms with Gasteiger partial charge >= 0.3 is 0 Å². The smallest absolute Gasteiger partial charge is 0.295 e. The normalized spacial score (nSPS) is 17.2. The Bertz CT molecular complexity index is 1060. The van der Waals surface area contributed by atoms with Crippen molar-refractivity contribution in [3.63, 3.8) is 0 Å². The van der Waals surface area contributed by atoms with Gasteiger partial charge in [0.05, 0.1) is 18.7 Å². The molecule has 0 aliphatic carbocycles. The van der Waals surface area contributed by atoms with E-state index in [1.54, 1.807) is 12.1 Å². The number of aliphatic hydroxyl groups excluding tert-OH is 1. The molecule has 6 nitrogen and oxygen atoms in total. The van der Waals surface area contributed by atoms with Crippen LogP contribution in [0.3, 0.4) is 0 Å². The van der Waals surface area contributed by atoms with E-state index in [0.717, 1.165) is 45.3 Å². The zero-order valence-corrected chi connectivity index (χ0v) is 21.5. The van der Waals surface area contributed by atoms with E-state index in [-0.39, 0.29) is 16.9 Å². The molecular formula is C29H37FN2O4. The van der Waals surface area contributed by atoms with Crippen molar-refractivity contribution in [1.29, 1.82) is 0 Å². The van der Waals surface area contributed by atoms with E-state index in [1.165, 1.54) is 36.3 Å². The van der Waals surface area contributed by atoms with Gasteiger partial charge in [0.1, 0.15) is 17.3 Å². The van der Waals surface area contributed by atoms with Gasteiger partial charge in [-0.15, -0.1) is 0 Å². The molecule has 0 spiro atoms. The number of unbranched alkanes of at least 4 members (excludes halogenated alkanes) is 2. The van der Waals surface area contributed by atoms with Crippen molar-refractivity contribution in [3.8, 4) is 5.75 Å². The van der Waals surface area contributed by atoms with Crippen LogP contribution in [0, 0.1) is 5.82 Å². The zero-order chi connectivity index (χ0) is 26.1. The molecule has 0 radical (unpaired) electrons. The standard InChI is InChI=1S/C29H37FN2O4/c1-4-6-17-31(18-7-5-2)19-10-20-32-26(23-11-8-9-12-24(23)36-3)25(28(34)29(32)35)27(33)21-13-15-22(30)16-14-21/h8-9,11-16,26,33H,4-7,10,17-20H2,1-3H3/b27-25+. The Morgan fingerprint density at radius 1 is 0.972 bits per heavy atom. The van der Waals surface area contributed by atoms with Crippen molar-refractivity contribution < 1.29 is 23.8 Å². The minimum absolute atomic E-state index is 0.00932. The minimum Gasteiger partial charge on any atom is -0.507 e. The number of likely N-dealkylation sites (tertiary alicyclic amines) is 1. The van der Waals surface area contributed by atoms with Gasteiger partial charge in [-0.25, -0.2) is 4.39 Å². The summed E-state index contributed by atoms with van der Waals surface area (Å²) in [7, 11) is 1.53. The molecule has 2 aromatic rings. The van der Waals surface area contributed by atoms with Gasteiger partial charge in [0.2, 0.25) is 0 Å². The van der Waals surface area contributed by atoms with Crippen LogP contribution in [0.5, 0.6) is 5.75 Å². The molecular weight excluding hydrogens is 459 g/mol. The number of Topliss-reactive ketones (excluding diaryl/α,β-unsaturated/α-hetero) is 1. The van der Waals surface area contributed by atoms with E-state index in [1.807, 2.05) is 12.1 Å². The number of amides is 1. The topological polar surface area (TPSA) is 70.1 Å². The van der Waals surface area contributed by atoms with Gasteiger partial charge in [-0.3, -0.25) is 9.59 Å². The predicted molar refractivity (Wildman–Crippen MR) is 139 cm³/mol. The number of hydrogen-bond donors (Lipinski definition) is 1. The molecule has 3 rings (SSSR count). The summed E-state index contributed by atoms with van der Waals surface area (Å²) >= 11 is 0. The van der Waals surface area contributed by atoms with Gasteiger partial charge < -0.3 is 19.6 Å². The number of hydrogen-bond acceptors (Lipinski definition) is 5. The molecule has 1 aliphatic heterocycles. The fourth-order valence-electron chi connectivity index (χ4n) is 4.65. The first-order chi connectivity index (χ1) is 17.4. The van der Waals surface area contributed by atoms with Crippen molar-refractivity contribution in [2.75, 3.05) is 33.3 Å². The maximum Gasteiger partial charge on any atom is 0.295 e. The van der Waals surface area contributed by atoms with Gasteiger partial charge in [-0.05, 0) is 69.2 Å². The number of methoxy groups -OCH3 is 1. The molecule has 1 amide bonds. The Labute approximate surface area is 213 Å². The number of para-hydroxylation sites is 1. The number of halogens is 1. The molecule has 0 aromatic heterocycles. The van der Waals surface area contributed by atoms with Gasteiger partial charge in [0.15, 0.2) is 0 Å². The molecule has 2 aromatic carbocycles. The molecule has 1 heterocycles. The van der Waals surface area contributed by atoms with Crippen LogP contribution in [0.1, 0.15) is 63.1 Å². The molecule has 1 saturated heterocycles. The minimum atomic E-state index is -0.800. The average Bonchev–Trinajstić information content (AvgIpc) is 3.14. The highest BCUT2D eigenvalue weighted by Gasteiger charge is 2.46. The molecule has 1 fully saturated rings. The molecule has 1 atom stereocenters. The van der Waals surface area contributed by atoms with Crippen LogP contribution in [0.25, 0.3) is 5.76 Å². The Morgan fingerprint density at radius 3 is 2.19 bits per heavy atom. The number of ether oxygens (including phenoxy) is 1. The lowest BCUT2D eigenvalue weighted by atomic mass is 9.94. The highest BCUT2D eigenvalue weighted by molar-refractivity contribution is 6.46. The lowest BCUT2D eigenvalue weighted by Gasteiger charge is -2.28. The Balaban J connectivity index is 1.95. The molecule has 0 bridgehead atoms. The summed E-state index contributed by atoms with van der Waals surface area (Å²) in [4.78, 5) is 30.4. The highest BCUT2D eigenvalue weighted by atomic mass is 19.1. The summed E-state index contributed by atoms with van der Waals surface area (Å²) in [6, 6.07) is 11.6. The van der Waals surface area contributed by atoms with Crippen molar-refractivity contribution in [2.24, 2.45) is 0 Å². The molecule has 194 valence electrons. The van der Waals surface area contributed by atoms with Gasteiger partial charge in [0, 0.05) is 17.7 Å². The van der Waals surface area contributed by atoms with Gasteiger partial charge in [-0.2, -0.15) is 0 Å². The SMILES string of the molecule is CCCCN(CCCC)CCCN1C(=O)C(=O)/C(=C(/O)c2ccc(F)cc2)C1c1ccccc1OC. The first kappa shape index (κ1) is 27.4. The summed E-state index contributed by atoms with van der Waals surface area (Å²) in [6.45, 7) is 7.55. The third-order valence-electron chi connectivity index (χ3n) is 6.62. The lowest BCUT2D eigenvalue weighted by molar-refractivity contribution is -0.140. The molecule has 0 saturated carbocycles. The second-order valence-corrected chi connectivity index (χ2v) is 9.14. The second kappa shape index (κ2) is 13.2. The maximum absolute atomic E-state index is 13.5. The third kappa shape index (κ3) is 6.32. The van der Waals surface area contributed by atoms with Gasteiger partial charge in [-0.1, -0.05) is 44.9 Å². The number of aliphatic hydroxyl groups is 1. The summed E-state index contributed by atoms with van der Waals surface area (Å²) in [5.41, 5.74) is 0.890. The number of nitrogens with zero attached hydrogens (tertiary/aromatic N) is 2. The fraction of sp³-hybridized carbons (Fsp3) is 0.448. The maximum atomic E-state index is 13.5. The van der Waals surface area contributed by atoms with Crippen molar-refractivity contribution in [2.45, 2.75) is 52.0 Å². The van der Waals surface area contributed by atoms with Crippen LogP contribution in [-0.4, -0.2) is 59.9 Å². The van der Waals surface area contributed by atoms with Crippen LogP contribution in [0.4, 0.5) is 4.39 Å². The average molecular weight is 497 g/mol. The van der Waals surface area contributed by atoms with E-state index in [4.69, 9.17) is 4.74 Å². The monoisotopic (exact) mass is 496 g/mol. The predicted octanol–water partition coefficient (Wildman–Crippen LogP) is 5.55. The molecule has 1 N–H and O–H groups in total. The van der Waals surface area contributed by atoms with Crippen LogP contribution in [-0.2, 0) is 9.59 Å². The van der Waals surface area contributed by atoms with Crippen LogP contribution >= 0.6 is 0 Å². The van der Waals surface area contributed by atoms with E-state index >= 15 is 0 Å². The summed E-state index contributed by atoms with van der Waals surface area (Å²) in [5.74, 6) is -1.65. The first-order valence-electron chi connectivity index (χ1n) is 12.8. The number of carbonyl (C=O) groups is 2. The fourth-order valence-corrected chi connectivity index (χ4v) is 4.65. The summed E-state index contributed by atoms with van der Waals surface area (Å²) in [5, 5.41) is 11.1. The Kier molecular flexibility index (Phi) is 10.1. The number of carbonyl (C=O) groups excluding carboxylic acids is 2. The highest BCUT2D eigenvalue weighted by Crippen LogP contribution is 2.42. The lowest BCUT2D eigenvalue weighted by Crippen LogP contribution is -2.34. The molecule has 7 heteroatoms. The summed E-state index contributed by atoms with van der Waals surface area (Å²) in [6.07, 6.45) is 5.17. The largest absolute Gasteiger partial charge is 0.507 e. The molecule has 1 aliphatic rings. The van der Waals surface area contributed by atoms with Crippen LogP contribution < -0.4 is 4.74 Å². The Hall–Kier alpha value is -3.19. The molecule has 1 unspecified atom stereocenters. The summed E-state index contributed by atoms with van der Waals surface area (Å²) < 4.78 is 19.0. The Morgan fingerprint density at radius 2 is 1.58 bits per heavy atom. The van der Waals surface area contributed by atoms with E-state index in [2.05, 4.69) is 18.7 Å². The number of ketones is 1. The zero-order valence-electron chi connectivity index (χ0n) is 21.5. The van der Waals surface area contributed by atoms with Crippen molar-refractivity contribution >= 4 is 17.4 Å². The third-order valence-corrected chi connectivity index (χ3v) is 6.62. The van der Waals surface area contributed by atoms with Crippen LogP contribution in [0.15, 0.2) is 54.1 Å². The first-order valence-corrected chi connectivity index (χ1v) is 12.8.